The third kappa shape index (κ3) is 4.04. The number of hydrogen-bond donors (Lipinski definition) is 1. The van der Waals surface area contributed by atoms with Gasteiger partial charge < -0.3 is 13.6 Å². The zero-order valence-electron chi connectivity index (χ0n) is 14.1. The molecule has 28 heavy (non-hydrogen) atoms. The molecule has 10 heteroatoms. The van der Waals surface area contributed by atoms with Gasteiger partial charge in [0.1, 0.15) is 23.9 Å². The largest absolute Gasteiger partial charge is 0.484 e. The predicted octanol–water partition coefficient (Wildman–Crippen LogP) is 5.56. The number of nitrogens with zero attached hydrogens (tertiary/aromatic N) is 3. The predicted molar refractivity (Wildman–Crippen MR) is 108 cm³/mol. The first-order valence-corrected chi connectivity index (χ1v) is 9.19. The number of aromatic nitrogens is 3. The highest BCUT2D eigenvalue weighted by Gasteiger charge is 2.11. The van der Waals surface area contributed by atoms with E-state index in [4.69, 9.17) is 49.0 Å². The van der Waals surface area contributed by atoms with Crippen LogP contribution in [0.15, 0.2) is 62.7 Å². The van der Waals surface area contributed by atoms with Crippen molar-refractivity contribution in [2.24, 2.45) is 5.10 Å². The van der Waals surface area contributed by atoms with Crippen molar-refractivity contribution >= 4 is 41.6 Å². The lowest BCUT2D eigenvalue weighted by Crippen LogP contribution is -1.95. The van der Waals surface area contributed by atoms with Gasteiger partial charge in [0.25, 0.3) is 0 Å². The Morgan fingerprint density at radius 2 is 2.14 bits per heavy atom. The molecule has 1 N–H and O–H groups in total. The number of aromatic amines is 1. The van der Waals surface area contributed by atoms with Crippen molar-refractivity contribution < 1.29 is 13.6 Å². The number of furan rings is 2. The average Bonchev–Trinajstić information content (AvgIpc) is 3.42. The summed E-state index contributed by atoms with van der Waals surface area (Å²) in [6.07, 6.45) is 3.07. The smallest absolute Gasteiger partial charge is 0.219 e. The van der Waals surface area contributed by atoms with Crippen LogP contribution < -0.4 is 4.74 Å². The van der Waals surface area contributed by atoms with Crippen LogP contribution in [0.5, 0.6) is 5.75 Å². The van der Waals surface area contributed by atoms with E-state index in [1.54, 1.807) is 48.7 Å². The van der Waals surface area contributed by atoms with Crippen molar-refractivity contribution in [1.29, 1.82) is 0 Å². The molecule has 4 rings (SSSR count). The number of halogens is 2. The van der Waals surface area contributed by atoms with Crippen molar-refractivity contribution in [2.75, 3.05) is 0 Å². The monoisotopic (exact) mass is 434 g/mol. The summed E-state index contributed by atoms with van der Waals surface area (Å²) in [5.41, 5.74) is 0. The Hall–Kier alpha value is -2.81. The van der Waals surface area contributed by atoms with Crippen molar-refractivity contribution in [3.63, 3.8) is 0 Å². The number of rotatable bonds is 6. The van der Waals surface area contributed by atoms with Crippen LogP contribution in [0.25, 0.3) is 11.6 Å². The first-order valence-electron chi connectivity index (χ1n) is 8.02. The van der Waals surface area contributed by atoms with Gasteiger partial charge in [-0.3, -0.25) is 0 Å². The molecule has 0 saturated carbocycles. The number of ether oxygens (including phenoxy) is 1. The van der Waals surface area contributed by atoms with Crippen LogP contribution in [0.4, 0.5) is 0 Å². The van der Waals surface area contributed by atoms with E-state index in [2.05, 4.69) is 15.3 Å². The molecule has 3 aromatic heterocycles. The second kappa shape index (κ2) is 8.05. The molecule has 1 aromatic carbocycles. The Morgan fingerprint density at radius 1 is 1.25 bits per heavy atom. The summed E-state index contributed by atoms with van der Waals surface area (Å²) >= 11 is 17.2. The first-order chi connectivity index (χ1) is 13.6. The van der Waals surface area contributed by atoms with E-state index in [1.807, 2.05) is 0 Å². The molecule has 0 saturated heterocycles. The van der Waals surface area contributed by atoms with Gasteiger partial charge in [-0.25, -0.2) is 5.10 Å². The summed E-state index contributed by atoms with van der Waals surface area (Å²) in [4.78, 5) is 0. The lowest BCUT2D eigenvalue weighted by molar-refractivity contribution is 0.270. The molecule has 0 spiro atoms. The molecular formula is C18H12Cl2N4O3S. The van der Waals surface area contributed by atoms with Gasteiger partial charge in [0.15, 0.2) is 5.76 Å². The highest BCUT2D eigenvalue weighted by molar-refractivity contribution is 7.71. The summed E-state index contributed by atoms with van der Waals surface area (Å²) in [5.74, 6) is 2.59. The third-order valence-electron chi connectivity index (χ3n) is 3.64. The van der Waals surface area contributed by atoms with Gasteiger partial charge in [-0.1, -0.05) is 23.2 Å². The van der Waals surface area contributed by atoms with Crippen LogP contribution in [0.1, 0.15) is 11.5 Å². The summed E-state index contributed by atoms with van der Waals surface area (Å²) < 4.78 is 18.5. The van der Waals surface area contributed by atoms with Crippen molar-refractivity contribution in [1.82, 2.24) is 14.9 Å². The minimum absolute atomic E-state index is 0.191. The average molecular weight is 435 g/mol. The molecule has 3 heterocycles. The standard InChI is InChI=1S/C18H12Cl2N4O3S/c19-11-3-6-14(20)16(8-11)26-10-13-5-4-12(27-13)9-21-24-17(22-23-18(24)28)15-2-1-7-25-15/h1-9H,10H2,(H,23,28). The normalized spacial score (nSPS) is 11.4. The van der Waals surface area contributed by atoms with E-state index in [9.17, 15) is 0 Å². The van der Waals surface area contributed by atoms with E-state index in [0.717, 1.165) is 0 Å². The van der Waals surface area contributed by atoms with Gasteiger partial charge in [-0.2, -0.15) is 9.78 Å². The summed E-state index contributed by atoms with van der Waals surface area (Å²) in [7, 11) is 0. The lowest BCUT2D eigenvalue weighted by atomic mass is 10.3. The number of H-pyrrole nitrogens is 1. The Balaban J connectivity index is 1.48. The molecule has 0 radical (unpaired) electrons. The Kier molecular flexibility index (Phi) is 5.34. The fourth-order valence-electron chi connectivity index (χ4n) is 2.36. The molecule has 0 aliphatic carbocycles. The Morgan fingerprint density at radius 3 is 2.96 bits per heavy atom. The van der Waals surface area contributed by atoms with Gasteiger partial charge in [0, 0.05) is 11.1 Å². The van der Waals surface area contributed by atoms with E-state index >= 15 is 0 Å². The zero-order valence-corrected chi connectivity index (χ0v) is 16.5. The van der Waals surface area contributed by atoms with Crippen LogP contribution in [-0.4, -0.2) is 21.1 Å². The topological polar surface area (TPSA) is 81.5 Å². The molecule has 142 valence electrons. The summed E-state index contributed by atoms with van der Waals surface area (Å²) in [6, 6.07) is 12.1. The maximum Gasteiger partial charge on any atom is 0.219 e. The summed E-state index contributed by atoms with van der Waals surface area (Å²) in [5, 5.41) is 12.1. The van der Waals surface area contributed by atoms with Gasteiger partial charge in [0.05, 0.1) is 17.5 Å². The van der Waals surface area contributed by atoms with E-state index < -0.39 is 0 Å². The van der Waals surface area contributed by atoms with Crippen LogP contribution in [0, 0.1) is 4.77 Å². The maximum absolute atomic E-state index is 6.08. The van der Waals surface area contributed by atoms with Crippen LogP contribution in [-0.2, 0) is 6.61 Å². The number of nitrogens with one attached hydrogen (secondary N) is 1. The number of hydrogen-bond acceptors (Lipinski definition) is 6. The van der Waals surface area contributed by atoms with Crippen molar-refractivity contribution in [3.05, 3.63) is 75.1 Å². The molecule has 0 amide bonds. The molecule has 0 aliphatic rings. The van der Waals surface area contributed by atoms with Crippen molar-refractivity contribution in [2.45, 2.75) is 6.61 Å². The third-order valence-corrected chi connectivity index (χ3v) is 4.45. The molecular weight excluding hydrogens is 423 g/mol. The SMILES string of the molecule is S=c1[nH]nc(-c2ccco2)n1N=Cc1ccc(COc2cc(Cl)ccc2Cl)o1. The van der Waals surface area contributed by atoms with Crippen LogP contribution in [0.3, 0.4) is 0 Å². The molecule has 4 aromatic rings. The zero-order chi connectivity index (χ0) is 19.5. The van der Waals surface area contributed by atoms with Crippen molar-refractivity contribution in [3.8, 4) is 17.3 Å². The minimum Gasteiger partial charge on any atom is -0.484 e. The highest BCUT2D eigenvalue weighted by atomic mass is 35.5. The minimum atomic E-state index is 0.191. The maximum atomic E-state index is 6.08. The molecule has 0 unspecified atom stereocenters. The van der Waals surface area contributed by atoms with Gasteiger partial charge in [-0.05, 0) is 48.6 Å². The quantitative estimate of drug-likeness (QED) is 0.317. The highest BCUT2D eigenvalue weighted by Crippen LogP contribution is 2.28. The fourth-order valence-corrected chi connectivity index (χ4v) is 2.87. The molecule has 0 bridgehead atoms. The van der Waals surface area contributed by atoms with Gasteiger partial charge in [0.2, 0.25) is 10.6 Å². The second-order valence-corrected chi connectivity index (χ2v) is 6.78. The Labute approximate surface area is 174 Å². The molecule has 0 aliphatic heterocycles. The summed E-state index contributed by atoms with van der Waals surface area (Å²) in [6.45, 7) is 0.191. The fraction of sp³-hybridized carbons (Fsp3) is 0.0556. The molecule has 0 atom stereocenters. The molecule has 0 fully saturated rings. The van der Waals surface area contributed by atoms with Crippen LogP contribution >= 0.6 is 35.4 Å². The van der Waals surface area contributed by atoms with E-state index in [-0.39, 0.29) is 6.61 Å². The second-order valence-electron chi connectivity index (χ2n) is 5.55. The van der Waals surface area contributed by atoms with Gasteiger partial charge >= 0.3 is 0 Å². The number of benzene rings is 1. The Bertz CT molecular complexity index is 1180. The van der Waals surface area contributed by atoms with E-state index in [1.165, 1.54) is 10.9 Å². The molecule has 7 nitrogen and oxygen atoms in total. The lowest BCUT2D eigenvalue weighted by Gasteiger charge is -2.06. The first kappa shape index (κ1) is 18.5. The van der Waals surface area contributed by atoms with Crippen LogP contribution in [0.2, 0.25) is 10.0 Å². The van der Waals surface area contributed by atoms with E-state index in [0.29, 0.717) is 43.7 Å². The van der Waals surface area contributed by atoms with Gasteiger partial charge in [-0.15, -0.1) is 5.10 Å².